The summed E-state index contributed by atoms with van der Waals surface area (Å²) in [5, 5.41) is 0. The summed E-state index contributed by atoms with van der Waals surface area (Å²) in [4.78, 5) is 20.2. The van der Waals surface area contributed by atoms with E-state index < -0.39 is 5.41 Å². The van der Waals surface area contributed by atoms with Crippen molar-refractivity contribution in [2.24, 2.45) is 0 Å². The first-order chi connectivity index (χ1) is 8.45. The van der Waals surface area contributed by atoms with Gasteiger partial charge >= 0.3 is 5.97 Å². The van der Waals surface area contributed by atoms with Crippen LogP contribution in [0.5, 0.6) is 0 Å². The van der Waals surface area contributed by atoms with E-state index >= 15 is 0 Å². The number of halogens is 1. The van der Waals surface area contributed by atoms with E-state index in [0.717, 1.165) is 14.4 Å². The second kappa shape index (κ2) is 4.85. The number of thiophene rings is 1. The number of H-pyrrole nitrogens is 1. The summed E-state index contributed by atoms with van der Waals surface area (Å²) >= 11 is 5.03. The van der Waals surface area contributed by atoms with Gasteiger partial charge in [-0.25, -0.2) is 4.98 Å². The van der Waals surface area contributed by atoms with Crippen molar-refractivity contribution in [2.45, 2.75) is 19.3 Å². The maximum Gasteiger partial charge on any atom is 0.318 e. The normalized spacial score (nSPS) is 11.6. The summed E-state index contributed by atoms with van der Waals surface area (Å²) in [6, 6.07) is 3.98. The van der Waals surface area contributed by atoms with Gasteiger partial charge in [-0.2, -0.15) is 0 Å². The second-order valence-corrected chi connectivity index (χ2v) is 6.83. The van der Waals surface area contributed by atoms with E-state index in [9.17, 15) is 4.79 Å². The van der Waals surface area contributed by atoms with Gasteiger partial charge in [0.25, 0.3) is 0 Å². The Morgan fingerprint density at radius 3 is 2.78 bits per heavy atom. The van der Waals surface area contributed by atoms with Crippen LogP contribution in [0.15, 0.2) is 22.1 Å². The lowest BCUT2D eigenvalue weighted by Gasteiger charge is -2.18. The molecule has 0 amide bonds. The molecule has 2 heterocycles. The Hall–Kier alpha value is -1.14. The highest BCUT2D eigenvalue weighted by atomic mass is 79.9. The number of carbonyl (C=O) groups excluding carboxylic acids is 1. The highest BCUT2D eigenvalue weighted by Crippen LogP contribution is 2.31. The number of aromatic nitrogens is 2. The molecular formula is C12H13BrN2O2S. The molecule has 0 unspecified atom stereocenters. The molecule has 2 rings (SSSR count). The minimum atomic E-state index is -0.776. The fourth-order valence-electron chi connectivity index (χ4n) is 1.57. The zero-order valence-corrected chi connectivity index (χ0v) is 12.7. The van der Waals surface area contributed by atoms with Gasteiger partial charge in [-0.3, -0.25) is 4.79 Å². The maximum absolute atomic E-state index is 11.7. The number of rotatable bonds is 3. The Morgan fingerprint density at radius 1 is 1.50 bits per heavy atom. The smallest absolute Gasteiger partial charge is 0.318 e. The van der Waals surface area contributed by atoms with Gasteiger partial charge in [0, 0.05) is 0 Å². The van der Waals surface area contributed by atoms with Crippen LogP contribution in [0.3, 0.4) is 0 Å². The van der Waals surface area contributed by atoms with Crippen molar-refractivity contribution in [3.63, 3.8) is 0 Å². The van der Waals surface area contributed by atoms with Crippen LogP contribution in [0, 0.1) is 0 Å². The van der Waals surface area contributed by atoms with Crippen LogP contribution < -0.4 is 0 Å². The molecule has 2 aromatic rings. The molecule has 0 aliphatic carbocycles. The van der Waals surface area contributed by atoms with E-state index in [-0.39, 0.29) is 5.97 Å². The van der Waals surface area contributed by atoms with Crippen molar-refractivity contribution in [1.82, 2.24) is 9.97 Å². The van der Waals surface area contributed by atoms with E-state index in [1.54, 1.807) is 31.4 Å². The van der Waals surface area contributed by atoms with Crippen molar-refractivity contribution in [3.8, 4) is 10.6 Å². The molecule has 0 bridgehead atoms. The zero-order valence-electron chi connectivity index (χ0n) is 10.3. The van der Waals surface area contributed by atoms with Crippen molar-refractivity contribution >= 4 is 33.2 Å². The Bertz CT molecular complexity index is 574. The van der Waals surface area contributed by atoms with E-state index in [1.165, 1.54) is 7.11 Å². The first-order valence-corrected chi connectivity index (χ1v) is 6.95. The summed E-state index contributed by atoms with van der Waals surface area (Å²) in [6.45, 7) is 3.57. The molecule has 0 atom stereocenters. The van der Waals surface area contributed by atoms with E-state index in [0.29, 0.717) is 5.82 Å². The molecule has 0 spiro atoms. The lowest BCUT2D eigenvalue weighted by Crippen LogP contribution is -2.31. The second-order valence-electron chi connectivity index (χ2n) is 4.37. The molecule has 4 nitrogen and oxygen atoms in total. The molecule has 0 saturated heterocycles. The van der Waals surface area contributed by atoms with Gasteiger partial charge in [0.1, 0.15) is 11.2 Å². The predicted octanol–water partition coefficient (Wildman–Crippen LogP) is 3.35. The molecule has 1 N–H and O–H groups in total. The molecule has 2 aromatic heterocycles. The van der Waals surface area contributed by atoms with Crippen LogP contribution in [0.2, 0.25) is 0 Å². The summed E-state index contributed by atoms with van der Waals surface area (Å²) in [6.07, 6.45) is 1.73. The van der Waals surface area contributed by atoms with E-state index in [2.05, 4.69) is 25.9 Å². The van der Waals surface area contributed by atoms with Gasteiger partial charge in [0.2, 0.25) is 0 Å². The standard InChI is InChI=1S/C12H13BrN2O2S/c1-12(2,11(16)17-3)10-14-6-7(15-10)8-4-5-9(13)18-8/h4-6H,1-3H3,(H,14,15). The third kappa shape index (κ3) is 2.35. The van der Waals surface area contributed by atoms with Crippen molar-refractivity contribution in [2.75, 3.05) is 7.11 Å². The third-order valence-corrected chi connectivity index (χ3v) is 4.36. The van der Waals surface area contributed by atoms with Crippen LogP contribution in [0.1, 0.15) is 19.7 Å². The van der Waals surface area contributed by atoms with Gasteiger partial charge in [-0.15, -0.1) is 11.3 Å². The van der Waals surface area contributed by atoms with Crippen LogP contribution in [0.25, 0.3) is 10.6 Å². The highest BCUT2D eigenvalue weighted by Gasteiger charge is 2.34. The molecule has 0 fully saturated rings. The Labute approximate surface area is 118 Å². The number of hydrogen-bond acceptors (Lipinski definition) is 4. The molecule has 0 aromatic carbocycles. The van der Waals surface area contributed by atoms with Gasteiger partial charge in [-0.05, 0) is 41.9 Å². The van der Waals surface area contributed by atoms with Gasteiger partial charge < -0.3 is 9.72 Å². The average molecular weight is 329 g/mol. The quantitative estimate of drug-likeness (QED) is 0.879. The Kier molecular flexibility index (Phi) is 3.59. The number of imidazole rings is 1. The third-order valence-electron chi connectivity index (χ3n) is 2.70. The van der Waals surface area contributed by atoms with Crippen molar-refractivity contribution in [3.05, 3.63) is 27.9 Å². The monoisotopic (exact) mass is 328 g/mol. The van der Waals surface area contributed by atoms with Crippen LogP contribution in [0.4, 0.5) is 0 Å². The molecule has 6 heteroatoms. The molecule has 0 aliphatic heterocycles. The largest absolute Gasteiger partial charge is 0.468 e. The first kappa shape index (κ1) is 13.3. The molecule has 0 radical (unpaired) electrons. The minimum absolute atomic E-state index is 0.309. The van der Waals surface area contributed by atoms with Crippen LogP contribution in [-0.4, -0.2) is 23.0 Å². The molecule has 96 valence electrons. The number of methoxy groups -OCH3 is 1. The molecule has 18 heavy (non-hydrogen) atoms. The van der Waals surface area contributed by atoms with Crippen molar-refractivity contribution < 1.29 is 9.53 Å². The number of nitrogens with zero attached hydrogens (tertiary/aromatic N) is 1. The van der Waals surface area contributed by atoms with Crippen LogP contribution in [-0.2, 0) is 14.9 Å². The minimum Gasteiger partial charge on any atom is -0.468 e. The number of aromatic amines is 1. The predicted molar refractivity (Wildman–Crippen MR) is 74.6 cm³/mol. The summed E-state index contributed by atoms with van der Waals surface area (Å²) in [5.41, 5.74) is 0.124. The summed E-state index contributed by atoms with van der Waals surface area (Å²) in [7, 11) is 1.38. The number of carbonyl (C=O) groups is 1. The number of ether oxygens (including phenoxy) is 1. The maximum atomic E-state index is 11.7. The SMILES string of the molecule is COC(=O)C(C)(C)c1ncc(-c2ccc(Br)s2)[nH]1. The van der Waals surface area contributed by atoms with Gasteiger partial charge in [0.05, 0.1) is 27.7 Å². The summed E-state index contributed by atoms with van der Waals surface area (Å²) in [5.74, 6) is 0.296. The highest BCUT2D eigenvalue weighted by molar-refractivity contribution is 9.11. The lowest BCUT2D eigenvalue weighted by atomic mass is 9.93. The van der Waals surface area contributed by atoms with Crippen molar-refractivity contribution in [1.29, 1.82) is 0 Å². The average Bonchev–Trinajstić information content (AvgIpc) is 2.95. The fraction of sp³-hybridized carbons (Fsp3) is 0.333. The number of hydrogen-bond donors (Lipinski definition) is 1. The zero-order chi connectivity index (χ0) is 13.3. The van der Waals surface area contributed by atoms with Gasteiger partial charge in [-0.1, -0.05) is 0 Å². The first-order valence-electron chi connectivity index (χ1n) is 5.34. The van der Waals surface area contributed by atoms with Gasteiger partial charge in [0.15, 0.2) is 0 Å². The lowest BCUT2D eigenvalue weighted by molar-refractivity contribution is -0.146. The van der Waals surface area contributed by atoms with Crippen LogP contribution >= 0.6 is 27.3 Å². The topological polar surface area (TPSA) is 55.0 Å². The van der Waals surface area contributed by atoms with E-state index in [4.69, 9.17) is 4.74 Å². The molecule has 0 saturated carbocycles. The Morgan fingerprint density at radius 2 is 2.22 bits per heavy atom. The number of esters is 1. The fourth-order valence-corrected chi connectivity index (χ4v) is 2.93. The molecule has 0 aliphatic rings. The van der Waals surface area contributed by atoms with E-state index in [1.807, 2.05) is 12.1 Å². The summed E-state index contributed by atoms with van der Waals surface area (Å²) < 4.78 is 5.84. The Balaban J connectivity index is 2.33. The molecular weight excluding hydrogens is 316 g/mol. The number of nitrogens with one attached hydrogen (secondary N) is 1.